The number of nitrogens with one attached hydrogen (secondary N) is 2. The lowest BCUT2D eigenvalue weighted by Crippen LogP contribution is -3.12. The number of Topliss-reactive ketones (excluding diaryl/α,β-unsaturated/α-hetero) is 1. The average molecular weight is 387 g/mol. The Labute approximate surface area is 164 Å². The lowest BCUT2D eigenvalue weighted by Gasteiger charge is -2.21. The first-order valence-electron chi connectivity index (χ1n) is 9.44. The van der Waals surface area contributed by atoms with Gasteiger partial charge < -0.3 is 24.1 Å². The summed E-state index contributed by atoms with van der Waals surface area (Å²) in [5, 5.41) is 0. The first-order chi connectivity index (χ1) is 13.3. The summed E-state index contributed by atoms with van der Waals surface area (Å²) < 4.78 is 15.9. The monoisotopic (exact) mass is 387 g/mol. The second-order valence-electron chi connectivity index (χ2n) is 7.14. The highest BCUT2D eigenvalue weighted by molar-refractivity contribution is 6.03. The molecular weight excluding hydrogens is 360 g/mol. The highest BCUT2D eigenvalue weighted by Crippen LogP contribution is 2.32. The van der Waals surface area contributed by atoms with Crippen LogP contribution in [0.1, 0.15) is 51.5 Å². The number of aromatic amines is 1. The topological polar surface area (TPSA) is 82.1 Å². The molecule has 2 atom stereocenters. The number of hydrogen-bond acceptors (Lipinski definition) is 5. The Morgan fingerprint density at radius 2 is 1.96 bits per heavy atom. The van der Waals surface area contributed by atoms with E-state index < -0.39 is 5.97 Å². The van der Waals surface area contributed by atoms with Crippen LogP contribution in [0.5, 0.6) is 11.5 Å². The predicted molar refractivity (Wildman–Crippen MR) is 103 cm³/mol. The molecule has 7 heteroatoms. The molecule has 0 amide bonds. The van der Waals surface area contributed by atoms with Crippen LogP contribution >= 0.6 is 0 Å². The van der Waals surface area contributed by atoms with Crippen molar-refractivity contribution in [3.05, 3.63) is 46.3 Å². The van der Waals surface area contributed by atoms with Crippen LogP contribution in [0.4, 0.5) is 0 Å². The number of aromatic nitrogens is 1. The Hall–Kier alpha value is -2.80. The van der Waals surface area contributed by atoms with Crippen molar-refractivity contribution in [3.63, 3.8) is 0 Å². The molecule has 1 aliphatic rings. The minimum atomic E-state index is -0.401. The predicted octanol–water partition coefficient (Wildman–Crippen LogP) is 1.82. The molecule has 1 aromatic carbocycles. The molecule has 0 saturated carbocycles. The van der Waals surface area contributed by atoms with E-state index in [1.165, 1.54) is 0 Å². The van der Waals surface area contributed by atoms with Gasteiger partial charge in [-0.2, -0.15) is 0 Å². The van der Waals surface area contributed by atoms with Gasteiger partial charge in [-0.25, -0.2) is 4.79 Å². The number of esters is 1. The number of likely N-dealkylation sites (N-methyl/N-ethyl adjacent to an activating group) is 1. The Balaban J connectivity index is 1.75. The number of carbonyl (C=O) groups is 2. The van der Waals surface area contributed by atoms with Crippen molar-refractivity contribution in [3.8, 4) is 11.5 Å². The van der Waals surface area contributed by atoms with Gasteiger partial charge in [0.2, 0.25) is 12.6 Å². The number of H-pyrrole nitrogens is 1. The molecule has 0 spiro atoms. The van der Waals surface area contributed by atoms with Gasteiger partial charge in [0.05, 0.1) is 24.9 Å². The Morgan fingerprint density at radius 3 is 2.68 bits per heavy atom. The largest absolute Gasteiger partial charge is 0.462 e. The fourth-order valence-electron chi connectivity index (χ4n) is 3.47. The number of fused-ring (bicyclic) bond motifs is 1. The van der Waals surface area contributed by atoms with Gasteiger partial charge in [0.25, 0.3) is 0 Å². The zero-order valence-electron chi connectivity index (χ0n) is 17.0. The number of quaternary nitrogens is 1. The quantitative estimate of drug-likeness (QED) is 0.560. The van der Waals surface area contributed by atoms with Gasteiger partial charge in [-0.05, 0) is 51.5 Å². The minimum Gasteiger partial charge on any atom is -0.462 e. The van der Waals surface area contributed by atoms with Crippen molar-refractivity contribution < 1.29 is 28.7 Å². The van der Waals surface area contributed by atoms with Gasteiger partial charge in [-0.15, -0.1) is 0 Å². The van der Waals surface area contributed by atoms with Crippen molar-refractivity contribution in [1.82, 2.24) is 4.98 Å². The standard InChI is InChI=1S/C21H26N2O5/c1-6-26-21(25)18-12(2)19(22-13(18)3)20(24)14(4)23(5)10-15-7-8-16-17(9-15)28-11-27-16/h7-9,14,22H,6,10-11H2,1-5H3/p+1/t14-/m1/s1. The average Bonchev–Trinajstić information content (AvgIpc) is 3.24. The Kier molecular flexibility index (Phi) is 5.74. The number of aryl methyl sites for hydroxylation is 1. The summed E-state index contributed by atoms with van der Waals surface area (Å²) in [6.07, 6.45) is 0. The second-order valence-corrected chi connectivity index (χ2v) is 7.14. The van der Waals surface area contributed by atoms with Crippen molar-refractivity contribution in [2.45, 2.75) is 40.3 Å². The second kappa shape index (κ2) is 8.06. The molecule has 0 bridgehead atoms. The van der Waals surface area contributed by atoms with Gasteiger partial charge in [0.15, 0.2) is 17.5 Å². The lowest BCUT2D eigenvalue weighted by atomic mass is 10.0. The van der Waals surface area contributed by atoms with E-state index in [4.69, 9.17) is 14.2 Å². The maximum absolute atomic E-state index is 13.1. The molecule has 0 aliphatic carbocycles. The molecule has 7 nitrogen and oxygen atoms in total. The fraction of sp³-hybridized carbons (Fsp3) is 0.429. The molecule has 2 N–H and O–H groups in total. The fourth-order valence-corrected chi connectivity index (χ4v) is 3.47. The summed E-state index contributed by atoms with van der Waals surface area (Å²) in [6, 6.07) is 5.53. The molecule has 1 aromatic heterocycles. The smallest absolute Gasteiger partial charge is 0.340 e. The molecule has 0 radical (unpaired) electrons. The van der Waals surface area contributed by atoms with Crippen molar-refractivity contribution in [2.24, 2.45) is 0 Å². The SMILES string of the molecule is CCOC(=O)c1c(C)[nH]c(C(=O)[C@@H](C)[NH+](C)Cc2ccc3c(c2)OCO3)c1C. The van der Waals surface area contributed by atoms with E-state index in [1.54, 1.807) is 20.8 Å². The molecule has 0 saturated heterocycles. The van der Waals surface area contributed by atoms with Crippen LogP contribution in [0.3, 0.4) is 0 Å². The van der Waals surface area contributed by atoms with E-state index in [0.29, 0.717) is 35.7 Å². The molecule has 2 aromatic rings. The number of ether oxygens (including phenoxy) is 3. The van der Waals surface area contributed by atoms with Gasteiger partial charge in [-0.3, -0.25) is 4.79 Å². The lowest BCUT2D eigenvalue weighted by molar-refractivity contribution is -0.907. The highest BCUT2D eigenvalue weighted by Gasteiger charge is 2.30. The number of rotatable bonds is 7. The highest BCUT2D eigenvalue weighted by atomic mass is 16.7. The van der Waals surface area contributed by atoms with Crippen LogP contribution in [0.2, 0.25) is 0 Å². The summed E-state index contributed by atoms with van der Waals surface area (Å²) in [5.41, 5.74) is 3.28. The number of carbonyl (C=O) groups excluding carboxylic acids is 2. The summed E-state index contributed by atoms with van der Waals surface area (Å²) in [5.74, 6) is 1.05. The third kappa shape index (κ3) is 3.75. The van der Waals surface area contributed by atoms with Crippen molar-refractivity contribution in [1.29, 1.82) is 0 Å². The van der Waals surface area contributed by atoms with Crippen LogP contribution in [0, 0.1) is 13.8 Å². The van der Waals surface area contributed by atoms with Gasteiger partial charge >= 0.3 is 5.97 Å². The summed E-state index contributed by atoms with van der Waals surface area (Å²) in [4.78, 5) is 29.4. The number of hydrogen-bond donors (Lipinski definition) is 2. The molecule has 3 rings (SSSR count). The summed E-state index contributed by atoms with van der Waals surface area (Å²) in [7, 11) is 1.98. The van der Waals surface area contributed by atoms with Crippen molar-refractivity contribution in [2.75, 3.05) is 20.4 Å². The molecule has 150 valence electrons. The Morgan fingerprint density at radius 1 is 1.25 bits per heavy atom. The molecule has 0 fully saturated rings. The van der Waals surface area contributed by atoms with Crippen LogP contribution in [0.15, 0.2) is 18.2 Å². The van der Waals surface area contributed by atoms with E-state index >= 15 is 0 Å². The molecule has 28 heavy (non-hydrogen) atoms. The van der Waals surface area contributed by atoms with E-state index in [-0.39, 0.29) is 18.6 Å². The normalized spacial score (nSPS) is 14.6. The molecule has 2 heterocycles. The maximum atomic E-state index is 13.1. The van der Waals surface area contributed by atoms with Gasteiger partial charge in [0, 0.05) is 11.3 Å². The van der Waals surface area contributed by atoms with Gasteiger partial charge in [-0.1, -0.05) is 0 Å². The van der Waals surface area contributed by atoms with Crippen LogP contribution in [-0.4, -0.2) is 43.2 Å². The van der Waals surface area contributed by atoms with Crippen LogP contribution in [-0.2, 0) is 11.3 Å². The first-order valence-corrected chi connectivity index (χ1v) is 9.44. The molecular formula is C21H27N2O5+. The summed E-state index contributed by atoms with van der Waals surface area (Å²) in [6.45, 7) is 8.41. The molecule has 1 aliphatic heterocycles. The number of ketones is 1. The van der Waals surface area contributed by atoms with E-state index in [9.17, 15) is 9.59 Å². The van der Waals surface area contributed by atoms with Gasteiger partial charge in [0.1, 0.15) is 6.54 Å². The Bertz CT molecular complexity index is 902. The minimum absolute atomic E-state index is 0.0330. The van der Waals surface area contributed by atoms with Crippen molar-refractivity contribution >= 4 is 11.8 Å². The van der Waals surface area contributed by atoms with E-state index in [2.05, 4.69) is 4.98 Å². The third-order valence-corrected chi connectivity index (χ3v) is 5.22. The summed E-state index contributed by atoms with van der Waals surface area (Å²) >= 11 is 0. The van der Waals surface area contributed by atoms with Crippen LogP contribution in [0.25, 0.3) is 0 Å². The van der Waals surface area contributed by atoms with E-state index in [1.807, 2.05) is 32.2 Å². The molecule has 1 unspecified atom stereocenters. The maximum Gasteiger partial charge on any atom is 0.340 e. The third-order valence-electron chi connectivity index (χ3n) is 5.22. The zero-order chi connectivity index (χ0) is 20.4. The zero-order valence-corrected chi connectivity index (χ0v) is 17.0. The van der Waals surface area contributed by atoms with E-state index in [0.717, 1.165) is 22.0 Å². The van der Waals surface area contributed by atoms with Crippen LogP contribution < -0.4 is 14.4 Å². The number of benzene rings is 1. The first kappa shape index (κ1) is 19.9.